The molecule has 0 aromatic carbocycles. The smallest absolute Gasteiger partial charge is 0.255 e. The molecule has 7 nitrogen and oxygen atoms in total. The minimum atomic E-state index is 0.0712. The lowest BCUT2D eigenvalue weighted by atomic mass is 10.0. The normalized spacial score (nSPS) is 18.2. The highest BCUT2D eigenvalue weighted by Gasteiger charge is 2.28. The van der Waals surface area contributed by atoms with Gasteiger partial charge >= 0.3 is 0 Å². The van der Waals surface area contributed by atoms with Crippen LogP contribution in [0, 0.1) is 6.92 Å². The largest absolute Gasteiger partial charge is 0.334 e. The molecular weight excluding hydrogens is 304 g/mol. The summed E-state index contributed by atoms with van der Waals surface area (Å²) in [6, 6.07) is 5.78. The quantitative estimate of drug-likeness (QED) is 0.738. The summed E-state index contributed by atoms with van der Waals surface area (Å²) >= 11 is 0. The zero-order valence-corrected chi connectivity index (χ0v) is 13.7. The fourth-order valence-electron chi connectivity index (χ4n) is 3.38. The highest BCUT2D eigenvalue weighted by Crippen LogP contribution is 2.21. The first-order chi connectivity index (χ1) is 11.7. The number of piperidine rings is 1. The highest BCUT2D eigenvalue weighted by atomic mass is 16.2. The molecule has 1 aliphatic rings. The molecule has 3 aromatic heterocycles. The van der Waals surface area contributed by atoms with Crippen molar-refractivity contribution in [2.45, 2.75) is 38.8 Å². The van der Waals surface area contributed by atoms with Crippen molar-refractivity contribution in [3.05, 3.63) is 48.2 Å². The van der Waals surface area contributed by atoms with E-state index in [-0.39, 0.29) is 11.9 Å². The summed E-state index contributed by atoms with van der Waals surface area (Å²) in [5.74, 6) is 0.855. The van der Waals surface area contributed by atoms with Crippen LogP contribution in [-0.2, 0) is 6.54 Å². The maximum absolute atomic E-state index is 13.1. The van der Waals surface area contributed by atoms with Gasteiger partial charge in [0.05, 0.1) is 18.2 Å². The Balaban J connectivity index is 1.61. The van der Waals surface area contributed by atoms with Gasteiger partial charge in [-0.3, -0.25) is 13.9 Å². The summed E-state index contributed by atoms with van der Waals surface area (Å²) in [4.78, 5) is 15.0. The molecule has 1 amide bonds. The Morgan fingerprint density at radius 2 is 2.21 bits per heavy atom. The monoisotopic (exact) mass is 324 g/mol. The first kappa shape index (κ1) is 14.9. The first-order valence-electron chi connectivity index (χ1n) is 8.32. The van der Waals surface area contributed by atoms with E-state index in [4.69, 9.17) is 0 Å². The number of pyridine rings is 1. The summed E-state index contributed by atoms with van der Waals surface area (Å²) in [5, 5.41) is 12.4. The highest BCUT2D eigenvalue weighted by molar-refractivity contribution is 5.94. The van der Waals surface area contributed by atoms with E-state index in [1.165, 1.54) is 0 Å². The van der Waals surface area contributed by atoms with E-state index in [1.54, 1.807) is 6.20 Å². The predicted molar refractivity (Wildman–Crippen MR) is 88.6 cm³/mol. The van der Waals surface area contributed by atoms with Crippen LogP contribution in [0.2, 0.25) is 0 Å². The maximum atomic E-state index is 13.1. The Morgan fingerprint density at radius 3 is 3.04 bits per heavy atom. The number of hydrogen-bond acceptors (Lipinski definition) is 4. The van der Waals surface area contributed by atoms with Gasteiger partial charge in [0.25, 0.3) is 5.91 Å². The van der Waals surface area contributed by atoms with Crippen LogP contribution in [0.4, 0.5) is 0 Å². The van der Waals surface area contributed by atoms with Gasteiger partial charge in [-0.25, -0.2) is 0 Å². The molecule has 0 bridgehead atoms. The molecular formula is C17H20N6O. The van der Waals surface area contributed by atoms with Gasteiger partial charge in [-0.1, -0.05) is 0 Å². The Labute approximate surface area is 139 Å². The molecule has 0 unspecified atom stereocenters. The summed E-state index contributed by atoms with van der Waals surface area (Å²) in [5.41, 5.74) is 1.44. The molecule has 0 N–H and O–H groups in total. The molecule has 4 rings (SSSR count). The molecule has 0 spiro atoms. The molecule has 24 heavy (non-hydrogen) atoms. The van der Waals surface area contributed by atoms with Crippen LogP contribution in [0.15, 0.2) is 36.8 Å². The number of likely N-dealkylation sites (tertiary alicyclic amines) is 1. The summed E-state index contributed by atoms with van der Waals surface area (Å²) in [7, 11) is 0. The van der Waals surface area contributed by atoms with Crippen molar-refractivity contribution in [2.24, 2.45) is 0 Å². The molecule has 7 heteroatoms. The van der Waals surface area contributed by atoms with Gasteiger partial charge in [0.15, 0.2) is 5.65 Å². The lowest BCUT2D eigenvalue weighted by Crippen LogP contribution is -2.46. The van der Waals surface area contributed by atoms with Crippen molar-refractivity contribution in [2.75, 3.05) is 6.54 Å². The third-order valence-electron chi connectivity index (χ3n) is 4.66. The summed E-state index contributed by atoms with van der Waals surface area (Å²) < 4.78 is 3.77. The van der Waals surface area contributed by atoms with Gasteiger partial charge in [0.2, 0.25) is 0 Å². The standard InChI is InChI=1S/C17H20N6O/c1-13-19-20-16-7-6-14(11-23(13)16)17(24)22-10-3-2-5-15(22)12-21-9-4-8-18-21/h4,6-9,11,15H,2-3,5,10,12H2,1H3/t15-/m0/s1. The molecule has 3 aromatic rings. The fraction of sp³-hybridized carbons (Fsp3) is 0.412. The minimum Gasteiger partial charge on any atom is -0.334 e. The van der Waals surface area contributed by atoms with E-state index >= 15 is 0 Å². The van der Waals surface area contributed by atoms with Crippen LogP contribution < -0.4 is 0 Å². The molecule has 0 aliphatic carbocycles. The van der Waals surface area contributed by atoms with Crippen molar-refractivity contribution in [1.82, 2.24) is 29.3 Å². The van der Waals surface area contributed by atoms with Crippen LogP contribution in [0.25, 0.3) is 5.65 Å². The number of fused-ring (bicyclic) bond motifs is 1. The third kappa shape index (κ3) is 2.66. The number of amides is 1. The molecule has 1 saturated heterocycles. The van der Waals surface area contributed by atoms with Crippen LogP contribution >= 0.6 is 0 Å². The van der Waals surface area contributed by atoms with Crippen LogP contribution in [-0.4, -0.2) is 47.8 Å². The number of aromatic nitrogens is 5. The number of carbonyl (C=O) groups excluding carboxylic acids is 1. The second kappa shape index (κ2) is 6.07. The van der Waals surface area contributed by atoms with Crippen molar-refractivity contribution < 1.29 is 4.79 Å². The summed E-state index contributed by atoms with van der Waals surface area (Å²) in [6.45, 7) is 3.42. The predicted octanol–water partition coefficient (Wildman–Crippen LogP) is 1.93. The average molecular weight is 324 g/mol. The second-order valence-electron chi connectivity index (χ2n) is 6.27. The first-order valence-corrected chi connectivity index (χ1v) is 8.32. The second-order valence-corrected chi connectivity index (χ2v) is 6.27. The van der Waals surface area contributed by atoms with E-state index < -0.39 is 0 Å². The van der Waals surface area contributed by atoms with Gasteiger partial charge in [-0.2, -0.15) is 5.10 Å². The molecule has 0 saturated carbocycles. The number of aryl methyl sites for hydroxylation is 1. The van der Waals surface area contributed by atoms with Crippen molar-refractivity contribution in [3.8, 4) is 0 Å². The van der Waals surface area contributed by atoms with Gasteiger partial charge in [-0.05, 0) is 44.4 Å². The van der Waals surface area contributed by atoms with Gasteiger partial charge in [0.1, 0.15) is 5.82 Å². The van der Waals surface area contributed by atoms with Crippen molar-refractivity contribution >= 4 is 11.6 Å². The van der Waals surface area contributed by atoms with E-state index in [1.807, 2.05) is 51.5 Å². The van der Waals surface area contributed by atoms with E-state index in [0.29, 0.717) is 5.56 Å². The fourth-order valence-corrected chi connectivity index (χ4v) is 3.38. The Morgan fingerprint density at radius 1 is 1.29 bits per heavy atom. The molecule has 1 fully saturated rings. The number of rotatable bonds is 3. The molecule has 4 heterocycles. The van der Waals surface area contributed by atoms with Gasteiger partial charge in [0, 0.05) is 25.1 Å². The Kier molecular flexibility index (Phi) is 3.76. The third-order valence-corrected chi connectivity index (χ3v) is 4.66. The van der Waals surface area contributed by atoms with Crippen LogP contribution in [0.5, 0.6) is 0 Å². The molecule has 0 radical (unpaired) electrons. The van der Waals surface area contributed by atoms with E-state index in [2.05, 4.69) is 15.3 Å². The van der Waals surface area contributed by atoms with Gasteiger partial charge < -0.3 is 4.90 Å². The Hall–Kier alpha value is -2.70. The number of carbonyl (C=O) groups is 1. The number of hydrogen-bond donors (Lipinski definition) is 0. The molecule has 1 atom stereocenters. The topological polar surface area (TPSA) is 68.3 Å². The van der Waals surface area contributed by atoms with Crippen molar-refractivity contribution in [1.29, 1.82) is 0 Å². The van der Waals surface area contributed by atoms with Crippen molar-refractivity contribution in [3.63, 3.8) is 0 Å². The van der Waals surface area contributed by atoms with Crippen LogP contribution in [0.3, 0.4) is 0 Å². The lowest BCUT2D eigenvalue weighted by Gasteiger charge is -2.35. The zero-order chi connectivity index (χ0) is 16.5. The zero-order valence-electron chi connectivity index (χ0n) is 13.7. The minimum absolute atomic E-state index is 0.0712. The van der Waals surface area contributed by atoms with Gasteiger partial charge in [-0.15, -0.1) is 10.2 Å². The summed E-state index contributed by atoms with van der Waals surface area (Å²) in [6.07, 6.45) is 8.78. The number of nitrogens with zero attached hydrogens (tertiary/aromatic N) is 6. The van der Waals surface area contributed by atoms with E-state index in [0.717, 1.165) is 43.8 Å². The van der Waals surface area contributed by atoms with E-state index in [9.17, 15) is 4.79 Å². The lowest BCUT2D eigenvalue weighted by molar-refractivity contribution is 0.0583. The maximum Gasteiger partial charge on any atom is 0.255 e. The molecule has 124 valence electrons. The SMILES string of the molecule is Cc1nnc2ccc(C(=O)N3CCCC[C@H]3Cn3cccn3)cn12. The Bertz CT molecular complexity index is 853. The van der Waals surface area contributed by atoms with Crippen LogP contribution in [0.1, 0.15) is 35.4 Å². The molecule has 1 aliphatic heterocycles. The average Bonchev–Trinajstić information content (AvgIpc) is 3.25.